The van der Waals surface area contributed by atoms with Gasteiger partial charge >= 0.3 is 0 Å². The van der Waals surface area contributed by atoms with E-state index in [2.05, 4.69) is 0 Å². The van der Waals surface area contributed by atoms with Crippen molar-refractivity contribution >= 4 is 29.1 Å². The van der Waals surface area contributed by atoms with E-state index in [-0.39, 0.29) is 18.6 Å². The standard InChI is InChI=1S/C13H15Cl2NO2/c1-18-8-13(17)16-6-2-3-12(16)9-4-5-10(14)11(15)7-9/h4-5,7,12H,2-3,6,8H2,1H3. The van der Waals surface area contributed by atoms with E-state index in [9.17, 15) is 4.79 Å². The molecule has 0 bridgehead atoms. The largest absolute Gasteiger partial charge is 0.375 e. The molecule has 1 aliphatic heterocycles. The van der Waals surface area contributed by atoms with Crippen LogP contribution in [0.4, 0.5) is 0 Å². The molecule has 18 heavy (non-hydrogen) atoms. The van der Waals surface area contributed by atoms with Gasteiger partial charge in [-0.3, -0.25) is 4.79 Å². The second-order valence-electron chi connectivity index (χ2n) is 4.35. The first kappa shape index (κ1) is 13.7. The minimum atomic E-state index is 0.0195. The normalized spacial score (nSPS) is 19.3. The van der Waals surface area contributed by atoms with Gasteiger partial charge in [0.05, 0.1) is 16.1 Å². The van der Waals surface area contributed by atoms with Crippen LogP contribution in [0.5, 0.6) is 0 Å². The Hall–Kier alpha value is -0.770. The fourth-order valence-electron chi connectivity index (χ4n) is 2.34. The third-order valence-electron chi connectivity index (χ3n) is 3.17. The summed E-state index contributed by atoms with van der Waals surface area (Å²) < 4.78 is 4.90. The zero-order valence-electron chi connectivity index (χ0n) is 10.2. The molecule has 2 rings (SSSR count). The molecule has 1 heterocycles. The highest BCUT2D eigenvalue weighted by Gasteiger charge is 2.29. The Balaban J connectivity index is 2.20. The highest BCUT2D eigenvalue weighted by atomic mass is 35.5. The SMILES string of the molecule is COCC(=O)N1CCCC1c1ccc(Cl)c(Cl)c1. The second-order valence-corrected chi connectivity index (χ2v) is 5.17. The van der Waals surface area contributed by atoms with Crippen LogP contribution in [0.15, 0.2) is 18.2 Å². The summed E-state index contributed by atoms with van der Waals surface area (Å²) in [6.07, 6.45) is 1.95. The number of carbonyl (C=O) groups excluding carboxylic acids is 1. The van der Waals surface area contributed by atoms with E-state index >= 15 is 0 Å². The number of rotatable bonds is 3. The molecule has 5 heteroatoms. The molecule has 0 spiro atoms. The third kappa shape index (κ3) is 2.79. The van der Waals surface area contributed by atoms with Gasteiger partial charge in [-0.1, -0.05) is 29.3 Å². The number of hydrogen-bond acceptors (Lipinski definition) is 2. The number of nitrogens with zero attached hydrogens (tertiary/aromatic N) is 1. The fraction of sp³-hybridized carbons (Fsp3) is 0.462. The van der Waals surface area contributed by atoms with Gasteiger partial charge in [-0.15, -0.1) is 0 Å². The monoisotopic (exact) mass is 287 g/mol. The summed E-state index contributed by atoms with van der Waals surface area (Å²) in [7, 11) is 1.53. The topological polar surface area (TPSA) is 29.5 Å². The zero-order chi connectivity index (χ0) is 13.1. The van der Waals surface area contributed by atoms with Gasteiger partial charge < -0.3 is 9.64 Å². The Bertz CT molecular complexity index is 451. The van der Waals surface area contributed by atoms with Crippen LogP contribution in [-0.4, -0.2) is 31.1 Å². The summed E-state index contributed by atoms with van der Waals surface area (Å²) in [5.74, 6) is 0.0195. The summed E-state index contributed by atoms with van der Waals surface area (Å²) >= 11 is 11.9. The van der Waals surface area contributed by atoms with Crippen molar-refractivity contribution in [2.24, 2.45) is 0 Å². The average Bonchev–Trinajstić information content (AvgIpc) is 2.82. The number of carbonyl (C=O) groups is 1. The minimum absolute atomic E-state index is 0.0195. The molecule has 1 aliphatic rings. The molecule has 0 aliphatic carbocycles. The van der Waals surface area contributed by atoms with Gasteiger partial charge in [0.15, 0.2) is 0 Å². The average molecular weight is 288 g/mol. The molecule has 1 amide bonds. The van der Waals surface area contributed by atoms with Crippen LogP contribution < -0.4 is 0 Å². The molecule has 1 atom stereocenters. The molecular weight excluding hydrogens is 273 g/mol. The number of hydrogen-bond donors (Lipinski definition) is 0. The summed E-state index contributed by atoms with van der Waals surface area (Å²) in [6, 6.07) is 5.63. The molecule has 1 aromatic rings. The van der Waals surface area contributed by atoms with E-state index in [1.54, 1.807) is 6.07 Å². The smallest absolute Gasteiger partial charge is 0.249 e. The van der Waals surface area contributed by atoms with E-state index in [0.29, 0.717) is 10.0 Å². The van der Waals surface area contributed by atoms with Crippen LogP contribution >= 0.6 is 23.2 Å². The minimum Gasteiger partial charge on any atom is -0.375 e. The lowest BCUT2D eigenvalue weighted by molar-refractivity contribution is -0.136. The van der Waals surface area contributed by atoms with Gasteiger partial charge in [0.2, 0.25) is 5.91 Å². The van der Waals surface area contributed by atoms with Crippen LogP contribution in [0.25, 0.3) is 0 Å². The van der Waals surface area contributed by atoms with Crippen LogP contribution in [-0.2, 0) is 9.53 Å². The molecule has 1 unspecified atom stereocenters. The molecule has 0 N–H and O–H groups in total. The predicted molar refractivity (Wildman–Crippen MR) is 72.0 cm³/mol. The van der Waals surface area contributed by atoms with E-state index in [1.165, 1.54) is 7.11 Å². The molecule has 1 aromatic carbocycles. The van der Waals surface area contributed by atoms with Crippen molar-refractivity contribution in [1.29, 1.82) is 0 Å². The Kier molecular flexibility index (Phi) is 4.49. The summed E-state index contributed by atoms with van der Waals surface area (Å²) in [5, 5.41) is 1.06. The van der Waals surface area contributed by atoms with Crippen LogP contribution in [0.3, 0.4) is 0 Å². The first-order valence-corrected chi connectivity index (χ1v) is 6.62. The van der Waals surface area contributed by atoms with Crippen molar-refractivity contribution in [2.75, 3.05) is 20.3 Å². The van der Waals surface area contributed by atoms with Crippen molar-refractivity contribution in [3.05, 3.63) is 33.8 Å². The molecule has 98 valence electrons. The molecule has 1 saturated heterocycles. The number of halogens is 2. The van der Waals surface area contributed by atoms with E-state index in [0.717, 1.165) is 24.9 Å². The van der Waals surface area contributed by atoms with Crippen molar-refractivity contribution in [3.63, 3.8) is 0 Å². The second kappa shape index (κ2) is 5.91. The maximum atomic E-state index is 11.9. The van der Waals surface area contributed by atoms with Crippen LogP contribution in [0.1, 0.15) is 24.4 Å². The Morgan fingerprint density at radius 3 is 2.89 bits per heavy atom. The van der Waals surface area contributed by atoms with Crippen molar-refractivity contribution in [1.82, 2.24) is 4.90 Å². The number of amides is 1. The van der Waals surface area contributed by atoms with Gasteiger partial charge in [0.1, 0.15) is 6.61 Å². The lowest BCUT2D eigenvalue weighted by Crippen LogP contribution is -2.33. The lowest BCUT2D eigenvalue weighted by atomic mass is 10.0. The van der Waals surface area contributed by atoms with Gasteiger partial charge in [-0.25, -0.2) is 0 Å². The lowest BCUT2D eigenvalue weighted by Gasteiger charge is -2.25. The summed E-state index contributed by atoms with van der Waals surface area (Å²) in [5.41, 5.74) is 1.03. The zero-order valence-corrected chi connectivity index (χ0v) is 11.7. The Labute approximate surface area is 117 Å². The van der Waals surface area contributed by atoms with Crippen LogP contribution in [0.2, 0.25) is 10.0 Å². The fourth-order valence-corrected chi connectivity index (χ4v) is 2.64. The quantitative estimate of drug-likeness (QED) is 0.854. The number of methoxy groups -OCH3 is 1. The highest BCUT2D eigenvalue weighted by molar-refractivity contribution is 6.42. The molecule has 0 saturated carbocycles. The van der Waals surface area contributed by atoms with Crippen molar-refractivity contribution in [3.8, 4) is 0 Å². The van der Waals surface area contributed by atoms with Gasteiger partial charge in [-0.05, 0) is 30.5 Å². The first-order chi connectivity index (χ1) is 8.63. The van der Waals surface area contributed by atoms with E-state index < -0.39 is 0 Å². The molecule has 3 nitrogen and oxygen atoms in total. The van der Waals surface area contributed by atoms with Gasteiger partial charge in [0.25, 0.3) is 0 Å². The number of benzene rings is 1. The van der Waals surface area contributed by atoms with Crippen molar-refractivity contribution < 1.29 is 9.53 Å². The van der Waals surface area contributed by atoms with Gasteiger partial charge in [0, 0.05) is 13.7 Å². The molecular formula is C13H15Cl2NO2. The Morgan fingerprint density at radius 1 is 1.44 bits per heavy atom. The summed E-state index contributed by atoms with van der Waals surface area (Å²) in [4.78, 5) is 13.8. The maximum Gasteiger partial charge on any atom is 0.249 e. The maximum absolute atomic E-state index is 11.9. The molecule has 1 fully saturated rings. The summed E-state index contributed by atoms with van der Waals surface area (Å²) in [6.45, 7) is 0.894. The Morgan fingerprint density at radius 2 is 2.22 bits per heavy atom. The number of ether oxygens (including phenoxy) is 1. The van der Waals surface area contributed by atoms with E-state index in [1.807, 2.05) is 17.0 Å². The predicted octanol–water partition coefficient (Wildman–Crippen LogP) is 3.30. The van der Waals surface area contributed by atoms with Crippen LogP contribution in [0, 0.1) is 0 Å². The molecule has 0 aromatic heterocycles. The third-order valence-corrected chi connectivity index (χ3v) is 3.91. The molecule has 0 radical (unpaired) electrons. The van der Waals surface area contributed by atoms with E-state index in [4.69, 9.17) is 27.9 Å². The van der Waals surface area contributed by atoms with Crippen molar-refractivity contribution in [2.45, 2.75) is 18.9 Å². The number of likely N-dealkylation sites (tertiary alicyclic amines) is 1. The first-order valence-electron chi connectivity index (χ1n) is 5.87. The van der Waals surface area contributed by atoms with Gasteiger partial charge in [-0.2, -0.15) is 0 Å². The highest BCUT2D eigenvalue weighted by Crippen LogP contribution is 2.34.